The molecule has 0 bridgehead atoms. The number of nitrogen functional groups attached to an aromatic ring is 1. The maximum Gasteiger partial charge on any atom is 1.00 e. The minimum absolute atomic E-state index is 0. The first-order valence-electron chi connectivity index (χ1n) is 31.1. The Kier molecular flexibility index (Phi) is 36.3. The van der Waals surface area contributed by atoms with Gasteiger partial charge in [0.25, 0.3) is 0 Å². The predicted molar refractivity (Wildman–Crippen MR) is 398 cm³/mol. The first-order chi connectivity index (χ1) is 43.2. The number of rotatable bonds is 6. The summed E-state index contributed by atoms with van der Waals surface area (Å²) in [6.07, 6.45) is 27.7. The Balaban J connectivity index is 0.000000246. The number of aromatic nitrogens is 3. The molecule has 0 aliphatic heterocycles. The van der Waals surface area contributed by atoms with E-state index in [0.717, 1.165) is 20.2 Å². The van der Waals surface area contributed by atoms with Crippen molar-refractivity contribution in [2.24, 2.45) is 0 Å². The molecule has 3 aliphatic rings. The molecule has 3 aliphatic carbocycles. The molecule has 3 aromatic heterocycles. The number of aryl methyl sites for hydroxylation is 4. The fourth-order valence-corrected chi connectivity index (χ4v) is 12.7. The number of allylic oxidation sites excluding steroid dienone is 4. The number of nitrogens with zero attached hydrogens (tertiary/aromatic N) is 2. The normalized spacial score (nSPS) is 14.3. The Bertz CT molecular complexity index is 4120. The number of benzene rings is 8. The molecular weight excluding hydrogens is 1660 g/mol. The van der Waals surface area contributed by atoms with Crippen LogP contribution in [0.1, 0.15) is 122 Å². The Morgan fingerprint density at radius 1 is 0.591 bits per heavy atom. The summed E-state index contributed by atoms with van der Waals surface area (Å²) in [5.74, 6) is 1.38. The van der Waals surface area contributed by atoms with Gasteiger partial charge >= 0.3 is 74.9 Å². The van der Waals surface area contributed by atoms with E-state index in [2.05, 4.69) is 237 Å². The van der Waals surface area contributed by atoms with Crippen molar-refractivity contribution >= 4 is 88.6 Å². The van der Waals surface area contributed by atoms with E-state index in [9.17, 15) is 9.90 Å². The number of hydrogen-bond acceptors (Lipinski definition) is 3. The van der Waals surface area contributed by atoms with Crippen LogP contribution in [-0.4, -0.2) is 41.0 Å². The number of alkyl halides is 1. The molecule has 0 saturated heterocycles. The molecular formula is C80H87AcBrCsIN5O4-. The minimum Gasteiger partial charge on any atom is -0.870 e. The summed E-state index contributed by atoms with van der Waals surface area (Å²) >= 11 is 5.66. The Labute approximate surface area is 668 Å². The number of carboxylic acids is 1. The molecule has 3 heterocycles. The zero-order chi connectivity index (χ0) is 63.1. The molecule has 1 fully saturated rings. The van der Waals surface area contributed by atoms with Gasteiger partial charge in [-0.05, 0) is 208 Å². The molecule has 93 heavy (non-hydrogen) atoms. The van der Waals surface area contributed by atoms with Gasteiger partial charge in [-0.3, -0.25) is 0 Å². The molecule has 2 atom stereocenters. The monoisotopic (exact) mass is 1750 g/mol. The second-order valence-corrected chi connectivity index (χ2v) is 25.4. The topological polar surface area (TPSA) is 174 Å². The number of anilines is 1. The van der Waals surface area contributed by atoms with E-state index in [4.69, 9.17) is 11.5 Å². The average molecular weight is 1750 g/mol. The smallest absolute Gasteiger partial charge is 0.870 e. The van der Waals surface area contributed by atoms with E-state index in [0.29, 0.717) is 28.2 Å². The summed E-state index contributed by atoms with van der Waals surface area (Å²) in [6, 6.07) is 71.6. The van der Waals surface area contributed by atoms with Crippen molar-refractivity contribution in [2.75, 3.05) is 5.73 Å². The van der Waals surface area contributed by atoms with Gasteiger partial charge in [0.15, 0.2) is 0 Å². The third-order valence-electron chi connectivity index (χ3n) is 16.0. The van der Waals surface area contributed by atoms with Crippen LogP contribution in [0.5, 0.6) is 0 Å². The van der Waals surface area contributed by atoms with Gasteiger partial charge in [0.2, 0.25) is 0 Å². The maximum absolute atomic E-state index is 11.3. The van der Waals surface area contributed by atoms with Gasteiger partial charge in [-0.25, -0.2) is 4.79 Å². The number of carboxylic acid groups (broad SMARTS) is 1. The van der Waals surface area contributed by atoms with Gasteiger partial charge < -0.3 is 41.6 Å². The molecule has 11 aromatic rings. The second-order valence-electron chi connectivity index (χ2n) is 23.1. The molecule has 14 rings (SSSR count). The van der Waals surface area contributed by atoms with Crippen molar-refractivity contribution in [1.82, 2.24) is 14.1 Å². The van der Waals surface area contributed by atoms with E-state index < -0.39 is 5.97 Å². The van der Waals surface area contributed by atoms with Gasteiger partial charge in [0.05, 0.1) is 11.6 Å². The number of fused-ring (bicyclic) bond motifs is 3. The molecule has 8 N–H and O–H groups in total. The fraction of sp³-hybridized carbons (Fsp3) is 0.237. The number of hydrogen-bond donors (Lipinski definition) is 3. The molecule has 0 spiro atoms. The van der Waals surface area contributed by atoms with Gasteiger partial charge in [-0.1, -0.05) is 209 Å². The third-order valence-corrected chi connectivity index (χ3v) is 17.6. The van der Waals surface area contributed by atoms with Crippen LogP contribution < -0.4 is 74.6 Å². The molecule has 2 unspecified atom stereocenters. The number of carbonyl (C=O) groups is 1. The van der Waals surface area contributed by atoms with E-state index in [1.54, 1.807) is 19.1 Å². The van der Waals surface area contributed by atoms with E-state index >= 15 is 0 Å². The molecule has 1 saturated carbocycles. The summed E-state index contributed by atoms with van der Waals surface area (Å²) in [7, 11) is 0. The number of terminal acetylenes is 1. The molecule has 475 valence electrons. The fourth-order valence-electron chi connectivity index (χ4n) is 11.5. The van der Waals surface area contributed by atoms with E-state index in [1.807, 2.05) is 74.5 Å². The average Bonchev–Trinajstić information content (AvgIpc) is 1.65. The van der Waals surface area contributed by atoms with Crippen molar-refractivity contribution in [3.63, 3.8) is 0 Å². The van der Waals surface area contributed by atoms with E-state index in [1.165, 1.54) is 148 Å². The molecule has 1 radical (unpaired) electrons. The van der Waals surface area contributed by atoms with Crippen LogP contribution in [0.4, 0.5) is 11.4 Å². The van der Waals surface area contributed by atoms with Gasteiger partial charge in [-0.15, -0.1) is 18.0 Å². The molecule has 8 aromatic carbocycles. The largest absolute Gasteiger partial charge is 1.00 e. The van der Waals surface area contributed by atoms with Crippen molar-refractivity contribution in [1.29, 1.82) is 0 Å². The number of H-pyrrole nitrogens is 1. The van der Waals surface area contributed by atoms with Crippen LogP contribution in [0.15, 0.2) is 231 Å². The van der Waals surface area contributed by atoms with Crippen LogP contribution in [0.3, 0.4) is 0 Å². The van der Waals surface area contributed by atoms with Crippen LogP contribution >= 0.6 is 38.5 Å². The zero-order valence-electron chi connectivity index (χ0n) is 54.6. The van der Waals surface area contributed by atoms with Gasteiger partial charge in [0.1, 0.15) is 0 Å². The first-order valence-corrected chi connectivity index (χ1v) is 33.1. The van der Waals surface area contributed by atoms with Gasteiger partial charge in [-0.2, -0.15) is 0 Å². The molecule has 0 amide bonds. The minimum atomic E-state index is -0.872. The number of aromatic amines is 1. The van der Waals surface area contributed by atoms with Crippen LogP contribution in [0.25, 0.3) is 72.2 Å². The summed E-state index contributed by atoms with van der Waals surface area (Å²) in [6.45, 7) is 10.0. The third kappa shape index (κ3) is 24.3. The van der Waals surface area contributed by atoms with Crippen LogP contribution in [-0.2, 0) is 0 Å². The predicted octanol–water partition coefficient (Wildman–Crippen LogP) is 19.5. The number of nitrogens with two attached hydrogens (primary N) is 1. The van der Waals surface area contributed by atoms with E-state index in [-0.39, 0.29) is 124 Å². The SMILES string of the molecule is BrC1C=CCCC1.C#CC.Cc1ccc(N)cc1.Cc1ccc([NH-])c(I)c1.Cc1ccc2[nH]c(-c3ccccc3)cc2c1.Cc1ccc2c(c1)cc(-c1ccccc1)n2C1C=CCCC1.O.O=C(O)c1ccc2c(c1)cc(-c1ccccc1)n2C1CCCCC1.[Ac].[Cs+].[OH-]. The number of halogens is 2. The van der Waals surface area contributed by atoms with Crippen LogP contribution in [0, 0.1) is 87.7 Å². The molecule has 9 nitrogen and oxygen atoms in total. The Hall–Kier alpha value is -4.89. The maximum atomic E-state index is 11.3. The van der Waals surface area contributed by atoms with Crippen molar-refractivity contribution in [2.45, 2.75) is 122 Å². The molecule has 13 heteroatoms. The standard InChI is InChI=1S/C21H21NO2.C21H21N.C15H13N.C7H7IN.C7H9N.C6H9Br.C3H4.Ac.Cs.2H2O/c23-21(24)16-11-12-19-17(13-16)14-20(15-7-3-1-4-8-15)22(19)18-9-5-2-6-10-18;1-16-12-13-20-18(14-16)15-21(17-8-4-2-5-9-17)22(20)19-10-6-3-7-11-19;1-11-7-8-14-13(9-11)10-15(16-14)12-5-3-2-4-6-12;1-5-2-3-7(9)6(8)4-5;1-6-2-4-7(8)5-3-6;7-6-4-2-1-3-5-6;1-3-2;;;;/h1,3-4,7-8,11-14,18H,2,5-6,9-10H2,(H,23,24);2,4-6,8-10,12-15,19H,3,7,11H2,1H3;2-10,16H,1H3;2-4,9H,1H3;2-5H,8H2,1H3;2,4,6H,1,3,5H2;1H,2H3;;;2*1H2/q;;;-1;;;;;+1;;/p-1. The second kappa shape index (κ2) is 41.9. The summed E-state index contributed by atoms with van der Waals surface area (Å²) < 4.78 is 5.99. The summed E-state index contributed by atoms with van der Waals surface area (Å²) in [4.78, 5) is 15.4. The Morgan fingerprint density at radius 3 is 1.58 bits per heavy atom. The van der Waals surface area contributed by atoms with Crippen molar-refractivity contribution < 1.29 is 134 Å². The zero-order valence-corrected chi connectivity index (χ0v) is 69.4. The van der Waals surface area contributed by atoms with Crippen molar-refractivity contribution in [3.05, 3.63) is 268 Å². The first kappa shape index (κ1) is 80.5. The summed E-state index contributed by atoms with van der Waals surface area (Å²) in [5.41, 5.74) is 30.7. The van der Waals surface area contributed by atoms with Gasteiger partial charge in [0, 0.05) is 110 Å². The summed E-state index contributed by atoms with van der Waals surface area (Å²) in [5, 5.41) is 12.9. The van der Waals surface area contributed by atoms with Crippen molar-refractivity contribution in [3.8, 4) is 46.1 Å². The number of nitrogens with one attached hydrogen (secondary N) is 2. The quantitative estimate of drug-likeness (QED) is 0.0494. The number of aromatic carboxylic acids is 1. The Morgan fingerprint density at radius 2 is 1.08 bits per heavy atom. The van der Waals surface area contributed by atoms with Crippen LogP contribution in [0.2, 0.25) is 0 Å².